The van der Waals surface area contributed by atoms with Crippen molar-refractivity contribution in [2.45, 2.75) is 32.5 Å². The molecule has 0 atom stereocenters. The highest BCUT2D eigenvalue weighted by molar-refractivity contribution is 5.67. The van der Waals surface area contributed by atoms with Gasteiger partial charge in [-0.3, -0.25) is 0 Å². The normalized spacial score (nSPS) is 11.3. The summed E-state index contributed by atoms with van der Waals surface area (Å²) in [6.07, 6.45) is -3.46. The molecule has 1 amide bonds. The smallest absolute Gasteiger partial charge is 0.450 e. The van der Waals surface area contributed by atoms with Crippen LogP contribution in [-0.4, -0.2) is 22.8 Å². The first kappa shape index (κ1) is 17.8. The van der Waals surface area contributed by atoms with Gasteiger partial charge in [0.15, 0.2) is 0 Å². The first-order valence-electron chi connectivity index (χ1n) is 7.31. The van der Waals surface area contributed by atoms with Crippen LogP contribution in [0.15, 0.2) is 28.8 Å². The van der Waals surface area contributed by atoms with Crippen LogP contribution >= 0.6 is 0 Å². The maximum absolute atomic E-state index is 12.4. The average Bonchev–Trinajstić information content (AvgIpc) is 3.04. The molecule has 0 radical (unpaired) electrons. The van der Waals surface area contributed by atoms with E-state index >= 15 is 0 Å². The van der Waals surface area contributed by atoms with Gasteiger partial charge in [0.25, 0.3) is 0 Å². The van der Waals surface area contributed by atoms with Gasteiger partial charge < -0.3 is 14.6 Å². The molecule has 1 N–H and O–H groups in total. The lowest BCUT2D eigenvalue weighted by Crippen LogP contribution is -2.24. The number of rotatable bonds is 6. The summed E-state index contributed by atoms with van der Waals surface area (Å²) in [5.74, 6) is -1.54. The Morgan fingerprint density at radius 2 is 2.00 bits per heavy atom. The molecule has 0 saturated carbocycles. The predicted octanol–water partition coefficient (Wildman–Crippen LogP) is 3.78. The van der Waals surface area contributed by atoms with Crippen molar-refractivity contribution in [2.75, 3.05) is 6.61 Å². The summed E-state index contributed by atoms with van der Waals surface area (Å²) >= 11 is 0. The molecule has 0 aliphatic rings. The molecule has 2 aromatic rings. The molecule has 0 spiro atoms. The number of alkyl halides is 3. The predicted molar refractivity (Wildman–Crippen MR) is 77.8 cm³/mol. The highest BCUT2D eigenvalue weighted by Gasteiger charge is 2.38. The zero-order valence-electron chi connectivity index (χ0n) is 12.9. The molecule has 2 rings (SSSR count). The molecule has 9 heteroatoms. The van der Waals surface area contributed by atoms with Crippen molar-refractivity contribution in [3.8, 4) is 11.4 Å². The Morgan fingerprint density at radius 3 is 2.58 bits per heavy atom. The molecular weight excluding hydrogens is 327 g/mol. The van der Waals surface area contributed by atoms with E-state index in [1.165, 1.54) is 0 Å². The van der Waals surface area contributed by atoms with Crippen molar-refractivity contribution < 1.29 is 27.2 Å². The highest BCUT2D eigenvalue weighted by atomic mass is 19.4. The van der Waals surface area contributed by atoms with Gasteiger partial charge in [-0.1, -0.05) is 42.8 Å². The van der Waals surface area contributed by atoms with E-state index in [0.717, 1.165) is 18.4 Å². The number of alkyl carbamates (subject to hydrolysis) is 1. The average molecular weight is 343 g/mol. The Labute approximate surface area is 136 Å². The number of ether oxygens (including phenoxy) is 1. The Bertz CT molecular complexity index is 669. The topological polar surface area (TPSA) is 77.2 Å². The van der Waals surface area contributed by atoms with Crippen LogP contribution in [-0.2, 0) is 17.5 Å². The van der Waals surface area contributed by atoms with E-state index in [-0.39, 0.29) is 12.4 Å². The molecule has 0 fully saturated rings. The van der Waals surface area contributed by atoms with Crippen LogP contribution in [0.1, 0.15) is 31.2 Å². The van der Waals surface area contributed by atoms with Gasteiger partial charge in [0, 0.05) is 12.1 Å². The number of carbonyl (C=O) groups is 1. The second-order valence-corrected chi connectivity index (χ2v) is 4.96. The number of benzene rings is 1. The zero-order chi connectivity index (χ0) is 17.6. The van der Waals surface area contributed by atoms with Gasteiger partial charge in [0.05, 0.1) is 6.61 Å². The Hall–Kier alpha value is -2.58. The van der Waals surface area contributed by atoms with Crippen LogP contribution < -0.4 is 5.32 Å². The minimum absolute atomic E-state index is 0.152. The quantitative estimate of drug-likeness (QED) is 0.808. The van der Waals surface area contributed by atoms with E-state index in [4.69, 9.17) is 4.74 Å². The van der Waals surface area contributed by atoms with Gasteiger partial charge in [-0.25, -0.2) is 4.79 Å². The minimum atomic E-state index is -4.67. The molecule has 24 heavy (non-hydrogen) atoms. The number of nitrogens with zero attached hydrogens (tertiary/aromatic N) is 2. The molecule has 0 bridgehead atoms. The standard InChI is InChI=1S/C15H16F3N3O3/c1-2-3-8-23-14(22)19-9-10-4-6-11(7-5-10)12-20-13(24-21-12)15(16,17)18/h4-7H,2-3,8-9H2,1H3,(H,19,22). The second-order valence-electron chi connectivity index (χ2n) is 4.96. The van der Waals surface area contributed by atoms with Crippen LogP contribution in [0.2, 0.25) is 0 Å². The molecule has 130 valence electrons. The fourth-order valence-corrected chi connectivity index (χ4v) is 1.76. The molecule has 6 nitrogen and oxygen atoms in total. The van der Waals surface area contributed by atoms with Crippen molar-refractivity contribution >= 4 is 6.09 Å². The third-order valence-corrected chi connectivity index (χ3v) is 3.05. The number of hydrogen-bond acceptors (Lipinski definition) is 5. The van der Waals surface area contributed by atoms with Crippen molar-refractivity contribution in [3.05, 3.63) is 35.7 Å². The van der Waals surface area contributed by atoms with E-state index in [1.54, 1.807) is 24.3 Å². The molecule has 1 aromatic heterocycles. The zero-order valence-corrected chi connectivity index (χ0v) is 12.9. The molecule has 0 unspecified atom stereocenters. The summed E-state index contributed by atoms with van der Waals surface area (Å²) in [4.78, 5) is 14.7. The monoisotopic (exact) mass is 343 g/mol. The summed E-state index contributed by atoms with van der Waals surface area (Å²) in [5.41, 5.74) is 1.13. The molecular formula is C15H16F3N3O3. The van der Waals surface area contributed by atoms with Crippen LogP contribution in [0.25, 0.3) is 11.4 Å². The van der Waals surface area contributed by atoms with Gasteiger partial charge in [-0.2, -0.15) is 18.2 Å². The maximum atomic E-state index is 12.4. The van der Waals surface area contributed by atoms with Crippen molar-refractivity contribution in [2.24, 2.45) is 0 Å². The first-order valence-corrected chi connectivity index (χ1v) is 7.31. The largest absolute Gasteiger partial charge is 0.471 e. The fraction of sp³-hybridized carbons (Fsp3) is 0.400. The lowest BCUT2D eigenvalue weighted by molar-refractivity contribution is -0.159. The van der Waals surface area contributed by atoms with Crippen molar-refractivity contribution in [1.82, 2.24) is 15.5 Å². The second kappa shape index (κ2) is 7.80. The van der Waals surface area contributed by atoms with Crippen molar-refractivity contribution in [1.29, 1.82) is 0 Å². The Balaban J connectivity index is 1.91. The summed E-state index contributed by atoms with van der Waals surface area (Å²) in [6.45, 7) is 2.59. The van der Waals surface area contributed by atoms with E-state index in [0.29, 0.717) is 12.2 Å². The van der Waals surface area contributed by atoms with Crippen LogP contribution in [0.3, 0.4) is 0 Å². The van der Waals surface area contributed by atoms with Gasteiger partial charge >= 0.3 is 18.2 Å². The number of unbranched alkanes of at least 4 members (excludes halogenated alkanes) is 1. The number of carbonyl (C=O) groups excluding carboxylic acids is 1. The molecule has 0 aliphatic carbocycles. The van der Waals surface area contributed by atoms with E-state index < -0.39 is 18.2 Å². The molecule has 1 heterocycles. The third kappa shape index (κ3) is 4.97. The number of nitrogens with one attached hydrogen (secondary N) is 1. The summed E-state index contributed by atoms with van der Waals surface area (Å²) in [6, 6.07) is 6.38. The SMILES string of the molecule is CCCCOC(=O)NCc1ccc(-c2noc(C(F)(F)F)n2)cc1. The van der Waals surface area contributed by atoms with Gasteiger partial charge in [-0.05, 0) is 12.0 Å². The number of hydrogen-bond donors (Lipinski definition) is 1. The van der Waals surface area contributed by atoms with Crippen LogP contribution in [0, 0.1) is 0 Å². The minimum Gasteiger partial charge on any atom is -0.450 e. The molecule has 0 saturated heterocycles. The summed E-state index contributed by atoms with van der Waals surface area (Å²) in [5, 5.41) is 5.88. The van der Waals surface area contributed by atoms with Gasteiger partial charge in [0.2, 0.25) is 5.82 Å². The van der Waals surface area contributed by atoms with E-state index in [2.05, 4.69) is 20.0 Å². The number of amides is 1. The van der Waals surface area contributed by atoms with Gasteiger partial charge in [0.1, 0.15) is 0 Å². The summed E-state index contributed by atoms with van der Waals surface area (Å²) in [7, 11) is 0. The Kier molecular flexibility index (Phi) is 5.78. The Morgan fingerprint density at radius 1 is 1.29 bits per heavy atom. The lowest BCUT2D eigenvalue weighted by atomic mass is 10.1. The van der Waals surface area contributed by atoms with E-state index in [1.807, 2.05) is 6.92 Å². The maximum Gasteiger partial charge on any atom is 0.471 e. The first-order chi connectivity index (χ1) is 11.4. The lowest BCUT2D eigenvalue weighted by Gasteiger charge is -2.06. The van der Waals surface area contributed by atoms with E-state index in [9.17, 15) is 18.0 Å². The highest BCUT2D eigenvalue weighted by Crippen LogP contribution is 2.29. The van der Waals surface area contributed by atoms with Crippen LogP contribution in [0.4, 0.5) is 18.0 Å². The summed E-state index contributed by atoms with van der Waals surface area (Å²) < 4.78 is 46.4. The molecule has 0 aliphatic heterocycles. The third-order valence-electron chi connectivity index (χ3n) is 3.05. The van der Waals surface area contributed by atoms with Crippen LogP contribution in [0.5, 0.6) is 0 Å². The van der Waals surface area contributed by atoms with Crippen molar-refractivity contribution in [3.63, 3.8) is 0 Å². The number of aromatic nitrogens is 2. The fourth-order valence-electron chi connectivity index (χ4n) is 1.76. The number of halogens is 3. The molecule has 1 aromatic carbocycles. The van der Waals surface area contributed by atoms with Gasteiger partial charge in [-0.15, -0.1) is 0 Å².